The number of likely N-dealkylation sites (N-methyl/N-ethyl adjacent to an activating group) is 1. The molecule has 2 aromatic heterocycles. The molecule has 4 N–H and O–H groups in total. The number of benzene rings is 2. The number of nitrogens with zero attached hydrogens (tertiary/aromatic N) is 5. The highest BCUT2D eigenvalue weighted by atomic mass is 16.5. The number of fused-ring (bicyclic) bond motifs is 6. The molecule has 4 atom stereocenters. The van der Waals surface area contributed by atoms with Gasteiger partial charge in [-0.1, -0.05) is 45.7 Å². The first-order valence-corrected chi connectivity index (χ1v) is 23.6. The van der Waals surface area contributed by atoms with Crippen molar-refractivity contribution in [3.63, 3.8) is 0 Å². The van der Waals surface area contributed by atoms with Crippen LogP contribution in [0.4, 0.5) is 0 Å². The molecule has 2 aromatic carbocycles. The van der Waals surface area contributed by atoms with Gasteiger partial charge in [-0.25, -0.2) is 5.43 Å². The van der Waals surface area contributed by atoms with E-state index in [0.29, 0.717) is 43.5 Å². The summed E-state index contributed by atoms with van der Waals surface area (Å²) in [4.78, 5) is 77.3. The average Bonchev–Trinajstić information content (AvgIpc) is 3.87. The van der Waals surface area contributed by atoms with E-state index in [1.807, 2.05) is 24.3 Å². The number of hydrogen-bond donors (Lipinski definition) is 4. The number of pyridine rings is 1. The van der Waals surface area contributed by atoms with E-state index in [2.05, 4.69) is 60.1 Å². The minimum absolute atomic E-state index is 0.0447. The molecule has 368 valence electrons. The normalized spacial score (nSPS) is 21.0. The van der Waals surface area contributed by atoms with Crippen LogP contribution in [0.15, 0.2) is 54.7 Å². The SMILES string of the molecule is CCn1c(-c2cccnc2COC)c2c3cc(ccc31)-c1cc(O)cc(c1)C[C@H](NC(=O)[C@H](C(C)C)N(C)C(=O)[C@@]1(O)CCN(C(=O)C#CCOC)C1)C(=O)N1CCC[C@H](N1)C(=O)OCC(C)(C)C2. The van der Waals surface area contributed by atoms with Crippen LogP contribution in [0, 0.1) is 23.2 Å². The number of aromatic nitrogens is 2. The molecule has 0 saturated carbocycles. The summed E-state index contributed by atoms with van der Waals surface area (Å²) in [6.45, 7) is 10.8. The number of β-amino-alcohol motifs (C(OH)–C–C–N with tert-alkyl or cyclic N) is 1. The molecule has 0 unspecified atom stereocenters. The third kappa shape index (κ3) is 10.9. The van der Waals surface area contributed by atoms with Crippen molar-refractivity contribution in [1.82, 2.24) is 35.1 Å². The number of phenols is 1. The maximum absolute atomic E-state index is 14.8. The number of methoxy groups -OCH3 is 2. The summed E-state index contributed by atoms with van der Waals surface area (Å²) >= 11 is 0. The molecule has 69 heavy (non-hydrogen) atoms. The molecule has 4 amide bonds. The van der Waals surface area contributed by atoms with Gasteiger partial charge < -0.3 is 44.1 Å². The van der Waals surface area contributed by atoms with Crippen LogP contribution in [0.1, 0.15) is 70.7 Å². The van der Waals surface area contributed by atoms with Crippen molar-refractivity contribution in [3.8, 4) is 40.0 Å². The number of hydrogen-bond acceptors (Lipinski definition) is 12. The number of carbonyl (C=O) groups excluding carboxylic acids is 5. The van der Waals surface area contributed by atoms with Crippen LogP contribution in [0.3, 0.4) is 0 Å². The molecular formula is C52H65N7O10. The van der Waals surface area contributed by atoms with Gasteiger partial charge in [-0.15, -0.1) is 0 Å². The molecule has 6 bridgehead atoms. The van der Waals surface area contributed by atoms with Gasteiger partial charge in [-0.2, -0.15) is 0 Å². The number of hydrazine groups is 1. The van der Waals surface area contributed by atoms with Gasteiger partial charge in [0.2, 0.25) is 5.91 Å². The summed E-state index contributed by atoms with van der Waals surface area (Å²) in [7, 11) is 4.51. The number of amides is 4. The molecule has 17 heteroatoms. The van der Waals surface area contributed by atoms with E-state index in [4.69, 9.17) is 19.2 Å². The fraction of sp³-hybridized carbons (Fsp3) is 0.500. The monoisotopic (exact) mass is 947 g/mol. The first-order valence-electron chi connectivity index (χ1n) is 23.6. The highest BCUT2D eigenvalue weighted by Crippen LogP contribution is 2.41. The van der Waals surface area contributed by atoms with Gasteiger partial charge in [0, 0.05) is 81.8 Å². The van der Waals surface area contributed by atoms with Crippen molar-refractivity contribution in [1.29, 1.82) is 0 Å². The molecular weight excluding hydrogens is 883 g/mol. The van der Waals surface area contributed by atoms with Crippen LogP contribution in [-0.4, -0.2) is 142 Å². The number of ether oxygens (including phenoxy) is 3. The summed E-state index contributed by atoms with van der Waals surface area (Å²) in [5.74, 6) is 1.48. The quantitative estimate of drug-likeness (QED) is 0.132. The van der Waals surface area contributed by atoms with Crippen molar-refractivity contribution >= 4 is 40.5 Å². The molecule has 4 aromatic rings. The van der Waals surface area contributed by atoms with Crippen LogP contribution < -0.4 is 10.7 Å². The van der Waals surface area contributed by atoms with Crippen molar-refractivity contribution < 1.29 is 48.4 Å². The van der Waals surface area contributed by atoms with E-state index in [-0.39, 0.29) is 51.4 Å². The van der Waals surface area contributed by atoms with Crippen LogP contribution in [0.25, 0.3) is 33.3 Å². The van der Waals surface area contributed by atoms with Crippen molar-refractivity contribution in [2.24, 2.45) is 11.3 Å². The van der Waals surface area contributed by atoms with Gasteiger partial charge in [-0.05, 0) is 96.7 Å². The van der Waals surface area contributed by atoms with E-state index in [9.17, 15) is 34.2 Å². The number of nitrogens with one attached hydrogen (secondary N) is 2. The number of aryl methyl sites for hydroxylation is 1. The molecule has 5 heterocycles. The number of esters is 1. The second-order valence-electron chi connectivity index (χ2n) is 19.5. The van der Waals surface area contributed by atoms with Crippen molar-refractivity contribution in [3.05, 3.63) is 71.5 Å². The van der Waals surface area contributed by atoms with Gasteiger partial charge in [0.15, 0.2) is 5.60 Å². The molecule has 3 aliphatic heterocycles. The van der Waals surface area contributed by atoms with Crippen LogP contribution in [-0.2, 0) is 64.2 Å². The van der Waals surface area contributed by atoms with Gasteiger partial charge in [0.05, 0.1) is 31.1 Å². The zero-order valence-electron chi connectivity index (χ0n) is 40.9. The first kappa shape index (κ1) is 50.6. The lowest BCUT2D eigenvalue weighted by molar-refractivity contribution is -0.156. The highest BCUT2D eigenvalue weighted by molar-refractivity contribution is 5.98. The first-order chi connectivity index (χ1) is 32.9. The maximum atomic E-state index is 14.8. The summed E-state index contributed by atoms with van der Waals surface area (Å²) in [6.07, 6.45) is 3.01. The van der Waals surface area contributed by atoms with Crippen LogP contribution >= 0.6 is 0 Å². The zero-order valence-corrected chi connectivity index (χ0v) is 40.9. The second kappa shape index (κ2) is 21.1. The summed E-state index contributed by atoms with van der Waals surface area (Å²) in [5.41, 5.74) is 7.29. The Morgan fingerprint density at radius 2 is 1.86 bits per heavy atom. The lowest BCUT2D eigenvalue weighted by atomic mass is 9.84. The third-order valence-electron chi connectivity index (χ3n) is 13.3. The minimum Gasteiger partial charge on any atom is -0.508 e. The number of likely N-dealkylation sites (tertiary alicyclic amines) is 1. The van der Waals surface area contributed by atoms with E-state index >= 15 is 0 Å². The lowest BCUT2D eigenvalue weighted by Crippen LogP contribution is -2.63. The molecule has 17 nitrogen and oxygen atoms in total. The third-order valence-corrected chi connectivity index (χ3v) is 13.3. The summed E-state index contributed by atoms with van der Waals surface area (Å²) in [5, 5.41) is 28.2. The fourth-order valence-corrected chi connectivity index (χ4v) is 9.96. The number of cyclic esters (lactones) is 1. The van der Waals surface area contributed by atoms with Gasteiger partial charge in [-0.3, -0.25) is 34.0 Å². The largest absolute Gasteiger partial charge is 0.508 e. The Morgan fingerprint density at radius 3 is 2.58 bits per heavy atom. The van der Waals surface area contributed by atoms with Gasteiger partial charge >= 0.3 is 5.97 Å². The summed E-state index contributed by atoms with van der Waals surface area (Å²) in [6, 6.07) is 12.0. The van der Waals surface area contributed by atoms with Gasteiger partial charge in [0.25, 0.3) is 17.7 Å². The minimum atomic E-state index is -1.98. The number of aromatic hydroxyl groups is 1. The molecule has 2 saturated heterocycles. The summed E-state index contributed by atoms with van der Waals surface area (Å²) < 4.78 is 18.8. The Labute approximate surface area is 403 Å². The van der Waals surface area contributed by atoms with Crippen molar-refractivity contribution in [2.75, 3.05) is 54.1 Å². The Balaban J connectivity index is 1.27. The Bertz CT molecular complexity index is 2670. The molecule has 0 radical (unpaired) electrons. The number of rotatable bonds is 10. The molecule has 7 rings (SSSR count). The topological polar surface area (TPSA) is 205 Å². The molecule has 0 aliphatic carbocycles. The lowest BCUT2D eigenvalue weighted by Gasteiger charge is -2.37. The number of carbonyl (C=O) groups is 5. The maximum Gasteiger partial charge on any atom is 0.324 e. The Hall–Kier alpha value is -6.32. The molecule has 0 spiro atoms. The van der Waals surface area contributed by atoms with E-state index in [1.165, 1.54) is 29.0 Å². The smallest absolute Gasteiger partial charge is 0.324 e. The fourth-order valence-electron chi connectivity index (χ4n) is 9.96. The highest BCUT2D eigenvalue weighted by Gasteiger charge is 2.48. The van der Waals surface area contributed by atoms with Crippen molar-refractivity contribution in [2.45, 2.75) is 104 Å². The molecule has 2 fully saturated rings. The molecule has 3 aliphatic rings. The predicted molar refractivity (Wildman–Crippen MR) is 258 cm³/mol. The van der Waals surface area contributed by atoms with E-state index < -0.39 is 64.7 Å². The average molecular weight is 948 g/mol. The van der Waals surface area contributed by atoms with Gasteiger partial charge in [0.1, 0.15) is 30.5 Å². The van der Waals surface area contributed by atoms with Crippen LogP contribution in [0.5, 0.6) is 5.75 Å². The Morgan fingerprint density at radius 1 is 1.07 bits per heavy atom. The number of aliphatic hydroxyl groups is 1. The standard InChI is InChI=1S/C52H65N7O10/c1-9-58-43-17-16-34-27-38(43)39(46(58)37-13-10-19-53-42(37)29-68-8)28-51(4,5)31-69-49(64)40-14-11-20-59(55-40)48(63)41(25-33-23-35(34)26-36(60)24-33)54-47(62)45(32(2)3)56(6)50(65)52(66)18-21-57(30-52)44(61)15-12-22-67-7/h10,13,16-17,19,23-24,26-27,32,40-41,45,55,60,66H,9,11,14,18,20-22,25,28-31H2,1-8H3,(H,54,62)/t40-,41-,45-,52+/m0/s1. The number of phenolic OH excluding ortho intramolecular Hbond substituents is 1. The zero-order chi connectivity index (χ0) is 49.8. The Kier molecular flexibility index (Phi) is 15.5. The second-order valence-corrected chi connectivity index (χ2v) is 19.5. The predicted octanol–water partition coefficient (Wildman–Crippen LogP) is 3.99. The van der Waals surface area contributed by atoms with Crippen LogP contribution in [0.2, 0.25) is 0 Å². The van der Waals surface area contributed by atoms with E-state index in [1.54, 1.807) is 39.3 Å². The van der Waals surface area contributed by atoms with E-state index in [0.717, 1.165) is 39.0 Å².